The summed E-state index contributed by atoms with van der Waals surface area (Å²) in [5.41, 5.74) is 0.462. The zero-order valence-corrected chi connectivity index (χ0v) is 18.5. The lowest BCUT2D eigenvalue weighted by atomic mass is 9.88. The van der Waals surface area contributed by atoms with E-state index in [2.05, 4.69) is 0 Å². The molecule has 0 saturated heterocycles. The summed E-state index contributed by atoms with van der Waals surface area (Å²) in [6.45, 7) is 2.79. The van der Waals surface area contributed by atoms with Crippen LogP contribution in [-0.4, -0.2) is 29.9 Å². The van der Waals surface area contributed by atoms with Gasteiger partial charge in [-0.05, 0) is 61.4 Å². The van der Waals surface area contributed by atoms with Crippen LogP contribution in [0, 0.1) is 0 Å². The minimum Gasteiger partial charge on any atom is -0.494 e. The van der Waals surface area contributed by atoms with E-state index in [1.54, 1.807) is 47.4 Å². The van der Waals surface area contributed by atoms with Crippen LogP contribution in [0.2, 0.25) is 5.02 Å². The third kappa shape index (κ3) is 4.27. The molecule has 1 aliphatic rings. The molecule has 1 N–H and O–H groups in total. The van der Waals surface area contributed by atoms with Gasteiger partial charge in [0, 0.05) is 22.7 Å². The molecule has 1 aliphatic heterocycles. The van der Waals surface area contributed by atoms with Crippen LogP contribution in [0.4, 0.5) is 5.69 Å². The van der Waals surface area contributed by atoms with Crippen molar-refractivity contribution in [2.45, 2.75) is 25.4 Å². The lowest BCUT2D eigenvalue weighted by Gasteiger charge is -2.23. The van der Waals surface area contributed by atoms with Gasteiger partial charge in [0.1, 0.15) is 5.75 Å². The molecular weight excluding hydrogens is 426 g/mol. The monoisotopic (exact) mass is 449 g/mol. The number of aliphatic hydroxyl groups is 1. The lowest BCUT2D eigenvalue weighted by Crippen LogP contribution is -2.42. The van der Waals surface area contributed by atoms with Gasteiger partial charge in [-0.25, -0.2) is 0 Å². The first kappa shape index (κ1) is 22.1. The van der Waals surface area contributed by atoms with Gasteiger partial charge in [-0.15, -0.1) is 0 Å². The van der Waals surface area contributed by atoms with Gasteiger partial charge in [0.2, 0.25) is 0 Å². The fourth-order valence-electron chi connectivity index (χ4n) is 4.04. The molecule has 3 aromatic carbocycles. The van der Waals surface area contributed by atoms with Crippen LogP contribution in [0.3, 0.4) is 0 Å². The van der Waals surface area contributed by atoms with Crippen molar-refractivity contribution >= 4 is 29.0 Å². The van der Waals surface area contributed by atoms with Gasteiger partial charge in [0.15, 0.2) is 11.4 Å². The van der Waals surface area contributed by atoms with Gasteiger partial charge < -0.3 is 14.7 Å². The number of nitrogens with zero attached hydrogens (tertiary/aromatic N) is 1. The molecule has 1 amide bonds. The predicted octanol–water partition coefficient (Wildman–Crippen LogP) is 4.79. The lowest BCUT2D eigenvalue weighted by molar-refractivity contribution is -0.135. The van der Waals surface area contributed by atoms with Crippen LogP contribution in [0.5, 0.6) is 5.75 Å². The van der Waals surface area contributed by atoms with E-state index < -0.39 is 11.5 Å². The number of halogens is 1. The number of hydrogen-bond donors (Lipinski definition) is 1. The van der Waals surface area contributed by atoms with Crippen molar-refractivity contribution in [2.24, 2.45) is 0 Å². The number of fused-ring (bicyclic) bond motifs is 1. The molecule has 6 heteroatoms. The number of ether oxygens (including phenoxy) is 1. The van der Waals surface area contributed by atoms with Crippen LogP contribution in [0.15, 0.2) is 72.8 Å². The van der Waals surface area contributed by atoms with Gasteiger partial charge in [-0.3, -0.25) is 9.59 Å². The van der Waals surface area contributed by atoms with Crippen molar-refractivity contribution in [3.8, 4) is 5.75 Å². The molecule has 5 nitrogen and oxygen atoms in total. The highest BCUT2D eigenvalue weighted by atomic mass is 35.5. The average molecular weight is 450 g/mol. The van der Waals surface area contributed by atoms with Crippen LogP contribution < -0.4 is 9.64 Å². The second-order valence-electron chi connectivity index (χ2n) is 7.77. The zero-order chi connectivity index (χ0) is 22.7. The first-order valence-corrected chi connectivity index (χ1v) is 10.9. The number of Topliss-reactive ketones (excluding diaryl/α,β-unsaturated/α-hetero) is 1. The molecule has 0 spiro atoms. The molecule has 32 heavy (non-hydrogen) atoms. The normalized spacial score (nSPS) is 17.3. The van der Waals surface area contributed by atoms with Gasteiger partial charge in [-0.2, -0.15) is 0 Å². The number of carbonyl (C=O) groups is 2. The first-order chi connectivity index (χ1) is 15.4. The molecule has 0 aliphatic carbocycles. The Kier molecular flexibility index (Phi) is 6.31. The maximum absolute atomic E-state index is 13.4. The summed E-state index contributed by atoms with van der Waals surface area (Å²) in [5.74, 6) is -0.186. The summed E-state index contributed by atoms with van der Waals surface area (Å²) in [7, 11) is 0. The van der Waals surface area contributed by atoms with Crippen molar-refractivity contribution in [1.82, 2.24) is 0 Å². The van der Waals surface area contributed by atoms with E-state index >= 15 is 0 Å². The number of ketones is 1. The Morgan fingerprint density at radius 2 is 1.78 bits per heavy atom. The van der Waals surface area contributed by atoms with Crippen molar-refractivity contribution in [2.75, 3.05) is 18.1 Å². The summed E-state index contributed by atoms with van der Waals surface area (Å²) < 4.78 is 5.41. The van der Waals surface area contributed by atoms with Crippen LogP contribution in [-0.2, 0) is 16.8 Å². The van der Waals surface area contributed by atoms with Gasteiger partial charge in [0.05, 0.1) is 18.7 Å². The number of rotatable bonds is 8. The van der Waals surface area contributed by atoms with Crippen molar-refractivity contribution in [3.63, 3.8) is 0 Å². The van der Waals surface area contributed by atoms with E-state index in [1.165, 1.54) is 0 Å². The van der Waals surface area contributed by atoms with Crippen LogP contribution in [0.1, 0.15) is 34.8 Å². The van der Waals surface area contributed by atoms with Gasteiger partial charge in [0.25, 0.3) is 5.91 Å². The standard InChI is InChI=1S/C26H24ClNO4/c1-2-32-21-11-8-19(9-12-21)24(29)17-26(31)22-16-20(27)10-13-23(22)28(25(26)30)15-14-18-6-4-3-5-7-18/h3-13,16,31H,2,14-15,17H2,1H3/t26-/m0/s1. The molecule has 0 radical (unpaired) electrons. The summed E-state index contributed by atoms with van der Waals surface area (Å²) in [6, 6.07) is 21.5. The number of anilines is 1. The molecular formula is C26H24ClNO4. The Hall–Kier alpha value is -3.15. The fraction of sp³-hybridized carbons (Fsp3) is 0.231. The Morgan fingerprint density at radius 1 is 1.06 bits per heavy atom. The number of amides is 1. The molecule has 4 rings (SSSR count). The fourth-order valence-corrected chi connectivity index (χ4v) is 4.21. The van der Waals surface area contributed by atoms with Gasteiger partial charge >= 0.3 is 0 Å². The van der Waals surface area contributed by atoms with E-state index in [0.717, 1.165) is 5.56 Å². The third-order valence-electron chi connectivity index (χ3n) is 5.66. The molecule has 0 bridgehead atoms. The molecule has 0 saturated carbocycles. The van der Waals surface area contributed by atoms with E-state index in [9.17, 15) is 14.7 Å². The summed E-state index contributed by atoms with van der Waals surface area (Å²) in [4.78, 5) is 27.9. The minimum absolute atomic E-state index is 0.334. The highest BCUT2D eigenvalue weighted by Gasteiger charge is 2.50. The predicted molar refractivity (Wildman–Crippen MR) is 124 cm³/mol. The largest absolute Gasteiger partial charge is 0.494 e. The number of benzene rings is 3. The van der Waals surface area contributed by atoms with Crippen LogP contribution >= 0.6 is 11.6 Å². The first-order valence-electron chi connectivity index (χ1n) is 10.6. The SMILES string of the molecule is CCOc1ccc(C(=O)C[C@@]2(O)C(=O)N(CCc3ccccc3)c3ccc(Cl)cc32)cc1. The quantitative estimate of drug-likeness (QED) is 0.502. The third-order valence-corrected chi connectivity index (χ3v) is 5.90. The van der Waals surface area contributed by atoms with Crippen molar-refractivity contribution < 1.29 is 19.4 Å². The number of hydrogen-bond acceptors (Lipinski definition) is 4. The second kappa shape index (κ2) is 9.15. The molecule has 0 fully saturated rings. The topological polar surface area (TPSA) is 66.8 Å². The van der Waals surface area contributed by atoms with E-state index in [4.69, 9.17) is 16.3 Å². The highest BCUT2D eigenvalue weighted by Crippen LogP contribution is 2.44. The minimum atomic E-state index is -1.97. The summed E-state index contributed by atoms with van der Waals surface area (Å²) in [5, 5.41) is 11.9. The maximum atomic E-state index is 13.4. The van der Waals surface area contributed by atoms with Gasteiger partial charge in [-0.1, -0.05) is 41.9 Å². The van der Waals surface area contributed by atoms with E-state index in [-0.39, 0.29) is 12.2 Å². The van der Waals surface area contributed by atoms with E-state index in [0.29, 0.717) is 47.2 Å². The Balaban J connectivity index is 1.60. The Bertz CT molecular complexity index is 1130. The van der Waals surface area contributed by atoms with E-state index in [1.807, 2.05) is 37.3 Å². The molecule has 1 atom stereocenters. The highest BCUT2D eigenvalue weighted by molar-refractivity contribution is 6.31. The van der Waals surface area contributed by atoms with Crippen LogP contribution in [0.25, 0.3) is 0 Å². The maximum Gasteiger partial charge on any atom is 0.264 e. The van der Waals surface area contributed by atoms with Crippen molar-refractivity contribution in [3.05, 3.63) is 94.5 Å². The Labute approximate surface area is 192 Å². The molecule has 0 aromatic heterocycles. The summed E-state index contributed by atoms with van der Waals surface area (Å²) >= 11 is 6.18. The molecule has 3 aromatic rings. The number of carbonyl (C=O) groups excluding carboxylic acids is 2. The average Bonchev–Trinajstić information content (AvgIpc) is 3.00. The Morgan fingerprint density at radius 3 is 2.47 bits per heavy atom. The van der Waals surface area contributed by atoms with Crippen molar-refractivity contribution in [1.29, 1.82) is 0 Å². The smallest absolute Gasteiger partial charge is 0.264 e. The molecule has 164 valence electrons. The zero-order valence-electron chi connectivity index (χ0n) is 17.8. The molecule has 1 heterocycles. The second-order valence-corrected chi connectivity index (χ2v) is 8.21. The molecule has 0 unspecified atom stereocenters. The summed E-state index contributed by atoms with van der Waals surface area (Å²) in [6.07, 6.45) is 0.257.